The zero-order valence-electron chi connectivity index (χ0n) is 19.3. The highest BCUT2D eigenvalue weighted by Crippen LogP contribution is 2.44. The van der Waals surface area contributed by atoms with Crippen LogP contribution < -0.4 is 9.47 Å². The number of unbranched alkanes of at least 4 members (excludes halogenated alkanes) is 2. The zero-order chi connectivity index (χ0) is 22.2. The van der Waals surface area contributed by atoms with Gasteiger partial charge < -0.3 is 9.47 Å². The Bertz CT molecular complexity index is 1020. The number of aryl methyl sites for hydroxylation is 2. The smallest absolute Gasteiger partial charge is 0.133 e. The van der Waals surface area contributed by atoms with E-state index in [9.17, 15) is 0 Å². The second-order valence-electron chi connectivity index (χ2n) is 8.19. The van der Waals surface area contributed by atoms with Crippen LogP contribution in [0.25, 0.3) is 16.7 Å². The molecule has 0 radical (unpaired) electrons. The molecule has 0 N–H and O–H groups in total. The summed E-state index contributed by atoms with van der Waals surface area (Å²) in [5.74, 6) is 1.75. The maximum Gasteiger partial charge on any atom is 0.133 e. The number of allylic oxidation sites excluding steroid dienone is 1. The molecule has 0 saturated heterocycles. The Balaban J connectivity index is 2.13. The van der Waals surface area contributed by atoms with E-state index in [2.05, 4.69) is 69.8 Å². The van der Waals surface area contributed by atoms with E-state index < -0.39 is 0 Å². The molecule has 0 aliphatic heterocycles. The third-order valence-electron chi connectivity index (χ3n) is 5.60. The number of hydrogen-bond donors (Lipinski definition) is 0. The van der Waals surface area contributed by atoms with Crippen LogP contribution in [0.5, 0.6) is 11.5 Å². The van der Waals surface area contributed by atoms with Gasteiger partial charge >= 0.3 is 0 Å². The van der Waals surface area contributed by atoms with E-state index in [0.717, 1.165) is 52.2 Å². The minimum Gasteiger partial charge on any atom is -0.496 e. The molecule has 2 nitrogen and oxygen atoms in total. The van der Waals surface area contributed by atoms with Crippen LogP contribution >= 0.6 is 0 Å². The van der Waals surface area contributed by atoms with E-state index in [4.69, 9.17) is 9.47 Å². The number of benzene rings is 3. The Morgan fingerprint density at radius 3 is 2.42 bits per heavy atom. The first kappa shape index (κ1) is 22.7. The van der Waals surface area contributed by atoms with Gasteiger partial charge in [-0.3, -0.25) is 0 Å². The molecule has 3 aromatic carbocycles. The molecule has 31 heavy (non-hydrogen) atoms. The van der Waals surface area contributed by atoms with E-state index in [-0.39, 0.29) is 0 Å². The van der Waals surface area contributed by atoms with Crippen molar-refractivity contribution in [2.45, 2.75) is 53.1 Å². The second kappa shape index (κ2) is 10.9. The summed E-state index contributed by atoms with van der Waals surface area (Å²) in [5, 5.41) is 0. The third kappa shape index (κ3) is 5.58. The lowest BCUT2D eigenvalue weighted by Crippen LogP contribution is -2.03. The van der Waals surface area contributed by atoms with Crippen LogP contribution in [0.4, 0.5) is 0 Å². The second-order valence-corrected chi connectivity index (χ2v) is 8.19. The Morgan fingerprint density at radius 2 is 1.74 bits per heavy atom. The van der Waals surface area contributed by atoms with Gasteiger partial charge in [0, 0.05) is 0 Å². The van der Waals surface area contributed by atoms with Gasteiger partial charge in [0.2, 0.25) is 0 Å². The Morgan fingerprint density at radius 1 is 0.968 bits per heavy atom. The SMILES string of the molecule is C=C(C)c1ccc(C)cc1-c1c(OCc2ccccc2)ccc(CCCCC)c1OC. The normalized spacial score (nSPS) is 10.7. The van der Waals surface area contributed by atoms with Gasteiger partial charge in [-0.15, -0.1) is 0 Å². The number of rotatable bonds is 10. The van der Waals surface area contributed by atoms with Crippen LogP contribution in [-0.2, 0) is 13.0 Å². The molecule has 2 heteroatoms. The Kier molecular flexibility index (Phi) is 7.94. The molecule has 0 fully saturated rings. The molecule has 0 saturated carbocycles. The molecular weight excluding hydrogens is 380 g/mol. The fraction of sp³-hybridized carbons (Fsp3) is 0.310. The van der Waals surface area contributed by atoms with Crippen LogP contribution in [-0.4, -0.2) is 7.11 Å². The van der Waals surface area contributed by atoms with Crippen molar-refractivity contribution in [1.82, 2.24) is 0 Å². The molecule has 162 valence electrons. The minimum absolute atomic E-state index is 0.514. The van der Waals surface area contributed by atoms with Crippen LogP contribution in [0.1, 0.15) is 55.4 Å². The Hall–Kier alpha value is -3.00. The van der Waals surface area contributed by atoms with E-state index in [0.29, 0.717) is 6.61 Å². The van der Waals surface area contributed by atoms with Crippen molar-refractivity contribution in [3.8, 4) is 22.6 Å². The lowest BCUT2D eigenvalue weighted by Gasteiger charge is -2.21. The van der Waals surface area contributed by atoms with Crippen LogP contribution in [0.2, 0.25) is 0 Å². The van der Waals surface area contributed by atoms with Crippen LogP contribution in [0.3, 0.4) is 0 Å². The van der Waals surface area contributed by atoms with Crippen molar-refractivity contribution < 1.29 is 9.47 Å². The topological polar surface area (TPSA) is 18.5 Å². The summed E-state index contributed by atoms with van der Waals surface area (Å²) in [7, 11) is 1.76. The van der Waals surface area contributed by atoms with Gasteiger partial charge in [0.05, 0.1) is 12.7 Å². The van der Waals surface area contributed by atoms with Crippen molar-refractivity contribution in [3.05, 3.63) is 89.5 Å². The summed E-state index contributed by atoms with van der Waals surface area (Å²) in [5.41, 5.74) is 7.86. The first-order valence-electron chi connectivity index (χ1n) is 11.2. The molecule has 0 aliphatic rings. The van der Waals surface area contributed by atoms with Gasteiger partial charge in [-0.2, -0.15) is 0 Å². The largest absolute Gasteiger partial charge is 0.496 e. The average Bonchev–Trinajstić information content (AvgIpc) is 2.78. The molecule has 3 rings (SSSR count). The maximum absolute atomic E-state index is 6.37. The van der Waals surface area contributed by atoms with E-state index >= 15 is 0 Å². The Labute approximate surface area is 187 Å². The molecule has 3 aromatic rings. The standard InChI is InChI=1S/C29H34O2/c1-6-7-9-14-24-16-18-27(31-20-23-12-10-8-11-13-23)28(29(24)30-5)26-19-22(4)15-17-25(26)21(2)3/h8,10-13,15-19H,2,6-7,9,14,20H2,1,3-5H3. The van der Waals surface area contributed by atoms with Crippen molar-refractivity contribution in [3.63, 3.8) is 0 Å². The van der Waals surface area contributed by atoms with Crippen LogP contribution in [0.15, 0.2) is 67.2 Å². The van der Waals surface area contributed by atoms with Gasteiger partial charge in [-0.1, -0.05) is 92.1 Å². The molecule has 0 aromatic heterocycles. The summed E-state index contributed by atoms with van der Waals surface area (Å²) < 4.78 is 12.4. The van der Waals surface area contributed by atoms with Gasteiger partial charge in [0.15, 0.2) is 0 Å². The maximum atomic E-state index is 6.37. The molecule has 0 spiro atoms. The number of ether oxygens (including phenoxy) is 2. The lowest BCUT2D eigenvalue weighted by molar-refractivity contribution is 0.305. The van der Waals surface area contributed by atoms with Crippen LogP contribution in [0, 0.1) is 6.92 Å². The summed E-state index contributed by atoms with van der Waals surface area (Å²) in [6.07, 6.45) is 4.56. The number of hydrogen-bond acceptors (Lipinski definition) is 2. The summed E-state index contributed by atoms with van der Waals surface area (Å²) in [6, 6.07) is 21.0. The fourth-order valence-corrected chi connectivity index (χ4v) is 3.95. The molecule has 0 unspecified atom stereocenters. The summed E-state index contributed by atoms with van der Waals surface area (Å²) in [4.78, 5) is 0. The molecular formula is C29H34O2. The monoisotopic (exact) mass is 414 g/mol. The molecule has 0 aliphatic carbocycles. The van der Waals surface area contributed by atoms with Gasteiger partial charge in [-0.25, -0.2) is 0 Å². The first-order valence-corrected chi connectivity index (χ1v) is 11.2. The highest BCUT2D eigenvalue weighted by Gasteiger charge is 2.20. The molecule has 0 amide bonds. The van der Waals surface area contributed by atoms with Crippen molar-refractivity contribution in [2.24, 2.45) is 0 Å². The predicted molar refractivity (Wildman–Crippen MR) is 132 cm³/mol. The van der Waals surface area contributed by atoms with Crippen molar-refractivity contribution in [1.29, 1.82) is 0 Å². The first-order chi connectivity index (χ1) is 15.0. The van der Waals surface area contributed by atoms with Gasteiger partial charge in [-0.05, 0) is 55.0 Å². The summed E-state index contributed by atoms with van der Waals surface area (Å²) >= 11 is 0. The van der Waals surface area contributed by atoms with E-state index in [1.54, 1.807) is 7.11 Å². The molecule has 0 bridgehead atoms. The third-order valence-corrected chi connectivity index (χ3v) is 5.60. The quantitative estimate of drug-likeness (QED) is 0.313. The van der Waals surface area contributed by atoms with Crippen molar-refractivity contribution in [2.75, 3.05) is 7.11 Å². The minimum atomic E-state index is 0.514. The average molecular weight is 415 g/mol. The highest BCUT2D eigenvalue weighted by atomic mass is 16.5. The molecule has 0 heterocycles. The summed E-state index contributed by atoms with van der Waals surface area (Å²) in [6.45, 7) is 11.1. The highest BCUT2D eigenvalue weighted by molar-refractivity contribution is 5.87. The van der Waals surface area contributed by atoms with Crippen molar-refractivity contribution >= 4 is 5.57 Å². The number of methoxy groups -OCH3 is 1. The lowest BCUT2D eigenvalue weighted by atomic mass is 9.90. The van der Waals surface area contributed by atoms with E-state index in [1.807, 2.05) is 18.2 Å². The van der Waals surface area contributed by atoms with E-state index in [1.165, 1.54) is 24.0 Å². The zero-order valence-corrected chi connectivity index (χ0v) is 19.3. The molecule has 0 atom stereocenters. The predicted octanol–water partition coefficient (Wildman–Crippen LogP) is 8.02. The van der Waals surface area contributed by atoms with Gasteiger partial charge in [0.25, 0.3) is 0 Å². The van der Waals surface area contributed by atoms with Gasteiger partial charge in [0.1, 0.15) is 18.1 Å². The fourth-order valence-electron chi connectivity index (χ4n) is 3.95.